The van der Waals surface area contributed by atoms with Gasteiger partial charge in [-0.05, 0) is 24.3 Å². The van der Waals surface area contributed by atoms with Crippen LogP contribution in [0, 0.1) is 0 Å². The van der Waals surface area contributed by atoms with Gasteiger partial charge in [0.15, 0.2) is 0 Å². The molecule has 10 heteroatoms. The first-order valence-electron chi connectivity index (χ1n) is 6.75. The number of hydrogen-bond acceptors (Lipinski definition) is 4. The van der Waals surface area contributed by atoms with E-state index in [1.165, 1.54) is 0 Å². The minimum Gasteiger partial charge on any atom is -0.478 e. The van der Waals surface area contributed by atoms with E-state index in [-0.39, 0.29) is 23.5 Å². The third-order valence-electron chi connectivity index (χ3n) is 3.66. The Hall–Kier alpha value is -2.88. The van der Waals surface area contributed by atoms with Gasteiger partial charge in [0.2, 0.25) is 0 Å². The number of nitrogens with zero attached hydrogens (tertiary/aromatic N) is 3. The highest BCUT2D eigenvalue weighted by molar-refractivity contribution is 6.11. The van der Waals surface area contributed by atoms with Crippen molar-refractivity contribution in [2.45, 2.75) is 12.3 Å². The summed E-state index contributed by atoms with van der Waals surface area (Å²) < 4.78 is 39.0. The van der Waals surface area contributed by atoms with Gasteiger partial charge in [0.1, 0.15) is 17.4 Å². The summed E-state index contributed by atoms with van der Waals surface area (Å²) in [6.07, 6.45) is -4.28. The predicted octanol–water partition coefficient (Wildman–Crippen LogP) is 1.72. The van der Waals surface area contributed by atoms with E-state index in [0.29, 0.717) is 0 Å². The first-order valence-corrected chi connectivity index (χ1v) is 6.75. The molecule has 0 spiro atoms. The summed E-state index contributed by atoms with van der Waals surface area (Å²) in [6.45, 7) is -0.0437. The Morgan fingerprint density at radius 2 is 1.92 bits per heavy atom. The lowest BCUT2D eigenvalue weighted by atomic mass is 10.1. The molecule has 0 radical (unpaired) electrons. The van der Waals surface area contributed by atoms with Crippen molar-refractivity contribution in [3.05, 3.63) is 47.3 Å². The van der Waals surface area contributed by atoms with E-state index in [1.54, 1.807) is 0 Å². The molecule has 0 aliphatic carbocycles. The number of aromatic carboxylic acids is 1. The molecule has 1 aromatic heterocycles. The van der Waals surface area contributed by atoms with Crippen molar-refractivity contribution in [2.75, 3.05) is 11.4 Å². The summed E-state index contributed by atoms with van der Waals surface area (Å²) in [6, 6.07) is 3.97. The fourth-order valence-electron chi connectivity index (χ4n) is 2.51. The monoisotopic (exact) mass is 340 g/mol. The van der Waals surface area contributed by atoms with Gasteiger partial charge in [-0.1, -0.05) is 0 Å². The van der Waals surface area contributed by atoms with Crippen LogP contribution in [0.25, 0.3) is 0 Å². The molecule has 3 rings (SSSR count). The van der Waals surface area contributed by atoms with Gasteiger partial charge in [0.25, 0.3) is 5.91 Å². The maximum absolute atomic E-state index is 12.6. The van der Waals surface area contributed by atoms with Crippen molar-refractivity contribution in [3.63, 3.8) is 0 Å². The predicted molar refractivity (Wildman–Crippen MR) is 75.5 cm³/mol. The number of aromatic nitrogens is 2. The van der Waals surface area contributed by atoms with Crippen molar-refractivity contribution in [3.8, 4) is 0 Å². The van der Waals surface area contributed by atoms with Crippen molar-refractivity contribution >= 4 is 17.6 Å². The fraction of sp³-hybridized carbons (Fsp3) is 0.214. The number of carbonyl (C=O) groups is 2. The van der Waals surface area contributed by atoms with E-state index < -0.39 is 29.8 Å². The van der Waals surface area contributed by atoms with Crippen molar-refractivity contribution < 1.29 is 27.9 Å². The number of nitrogens with two attached hydrogens (primary N) is 1. The molecule has 3 N–H and O–H groups in total. The highest BCUT2D eigenvalue weighted by atomic mass is 19.4. The van der Waals surface area contributed by atoms with E-state index in [1.807, 2.05) is 0 Å². The highest BCUT2D eigenvalue weighted by Crippen LogP contribution is 2.32. The lowest BCUT2D eigenvalue weighted by molar-refractivity contribution is -0.137. The smallest absolute Gasteiger partial charge is 0.416 e. The van der Waals surface area contributed by atoms with E-state index >= 15 is 0 Å². The van der Waals surface area contributed by atoms with Crippen LogP contribution in [0.1, 0.15) is 32.6 Å². The topological polar surface area (TPSA) is 101 Å². The van der Waals surface area contributed by atoms with Crippen molar-refractivity contribution in [2.24, 2.45) is 5.73 Å². The standard InChI is InChI=1S/C14H11F3N4O3/c15-14(16,17)7-1-3-8(4-2-7)20-6-10(18)21-11(12(20)22)9(5-19-21)13(23)24/h1-5,10H,6,18H2,(H,23,24)/t10-/m1/s1. The number of alkyl halides is 3. The molecule has 2 heterocycles. The Labute approximate surface area is 133 Å². The average Bonchev–Trinajstić information content (AvgIpc) is 2.96. The number of carboxylic acids is 1. The van der Waals surface area contributed by atoms with Crippen LogP contribution in [0.2, 0.25) is 0 Å². The summed E-state index contributed by atoms with van der Waals surface area (Å²) in [4.78, 5) is 24.9. The molecular weight excluding hydrogens is 329 g/mol. The van der Waals surface area contributed by atoms with Gasteiger partial charge in [-0.15, -0.1) is 0 Å². The van der Waals surface area contributed by atoms with Crippen LogP contribution in [0.15, 0.2) is 30.5 Å². The van der Waals surface area contributed by atoms with Gasteiger partial charge < -0.3 is 15.7 Å². The number of carboxylic acid groups (broad SMARTS) is 1. The van der Waals surface area contributed by atoms with Crippen LogP contribution >= 0.6 is 0 Å². The van der Waals surface area contributed by atoms with Gasteiger partial charge in [0.05, 0.1) is 18.3 Å². The first-order chi connectivity index (χ1) is 11.2. The number of rotatable bonds is 2. The second kappa shape index (κ2) is 5.34. The normalized spacial score (nSPS) is 17.8. The van der Waals surface area contributed by atoms with Crippen molar-refractivity contribution in [1.29, 1.82) is 0 Å². The van der Waals surface area contributed by atoms with Gasteiger partial charge in [0, 0.05) is 5.69 Å². The van der Waals surface area contributed by atoms with Crippen LogP contribution in [-0.2, 0) is 6.18 Å². The molecule has 0 bridgehead atoms. The fourth-order valence-corrected chi connectivity index (χ4v) is 2.51. The second-order valence-corrected chi connectivity index (χ2v) is 5.18. The molecular formula is C14H11F3N4O3. The number of halogens is 3. The van der Waals surface area contributed by atoms with Crippen LogP contribution in [-0.4, -0.2) is 33.3 Å². The van der Waals surface area contributed by atoms with Crippen LogP contribution in [0.4, 0.5) is 18.9 Å². The molecule has 0 fully saturated rings. The second-order valence-electron chi connectivity index (χ2n) is 5.18. The Bertz CT molecular complexity index is 814. The number of anilines is 1. The molecule has 1 aliphatic heterocycles. The summed E-state index contributed by atoms with van der Waals surface area (Å²) in [7, 11) is 0. The molecule has 7 nitrogen and oxygen atoms in total. The van der Waals surface area contributed by atoms with Gasteiger partial charge in [-0.3, -0.25) is 4.79 Å². The number of benzene rings is 1. The lowest BCUT2D eigenvalue weighted by Crippen LogP contribution is -2.47. The number of amides is 1. The SMILES string of the molecule is N[C@H]1CN(c2ccc(C(F)(F)F)cc2)C(=O)c2c(C(=O)O)cnn21. The van der Waals surface area contributed by atoms with E-state index in [9.17, 15) is 22.8 Å². The number of carbonyl (C=O) groups excluding carboxylic acids is 1. The van der Waals surface area contributed by atoms with Crippen LogP contribution in [0.3, 0.4) is 0 Å². The molecule has 1 aliphatic rings. The molecule has 0 unspecified atom stereocenters. The molecule has 1 aromatic carbocycles. The van der Waals surface area contributed by atoms with E-state index in [0.717, 1.165) is 40.0 Å². The summed E-state index contributed by atoms with van der Waals surface area (Å²) in [5, 5.41) is 12.9. The molecule has 0 saturated heterocycles. The zero-order valence-corrected chi connectivity index (χ0v) is 12.0. The molecule has 2 aromatic rings. The summed E-state index contributed by atoms with van der Waals surface area (Å²) in [5.74, 6) is -2.03. The van der Waals surface area contributed by atoms with Crippen LogP contribution in [0.5, 0.6) is 0 Å². The van der Waals surface area contributed by atoms with E-state index in [2.05, 4.69) is 5.10 Å². The van der Waals surface area contributed by atoms with Crippen LogP contribution < -0.4 is 10.6 Å². The van der Waals surface area contributed by atoms with Gasteiger partial charge in [-0.25, -0.2) is 9.48 Å². The van der Waals surface area contributed by atoms with E-state index in [4.69, 9.17) is 10.8 Å². The Balaban J connectivity index is 2.00. The summed E-state index contributed by atoms with van der Waals surface area (Å²) in [5.41, 5.74) is 4.70. The third-order valence-corrected chi connectivity index (χ3v) is 3.66. The minimum absolute atomic E-state index is 0.0437. The third kappa shape index (κ3) is 2.50. The Kier molecular flexibility index (Phi) is 3.56. The Morgan fingerprint density at radius 3 is 2.46 bits per heavy atom. The number of hydrogen-bond donors (Lipinski definition) is 2. The molecule has 0 saturated carbocycles. The molecule has 24 heavy (non-hydrogen) atoms. The van der Waals surface area contributed by atoms with Gasteiger partial charge in [-0.2, -0.15) is 18.3 Å². The highest BCUT2D eigenvalue weighted by Gasteiger charge is 2.36. The maximum Gasteiger partial charge on any atom is 0.416 e. The summed E-state index contributed by atoms with van der Waals surface area (Å²) >= 11 is 0. The largest absolute Gasteiger partial charge is 0.478 e. The minimum atomic E-state index is -4.49. The molecule has 1 atom stereocenters. The zero-order valence-electron chi connectivity index (χ0n) is 12.0. The zero-order chi connectivity index (χ0) is 17.6. The lowest BCUT2D eigenvalue weighted by Gasteiger charge is -2.32. The maximum atomic E-state index is 12.6. The molecule has 126 valence electrons. The average molecular weight is 340 g/mol. The quantitative estimate of drug-likeness (QED) is 0.867. The van der Waals surface area contributed by atoms with Crippen molar-refractivity contribution in [1.82, 2.24) is 9.78 Å². The molecule has 1 amide bonds. The number of fused-ring (bicyclic) bond motifs is 1. The Morgan fingerprint density at radius 1 is 1.29 bits per heavy atom. The first kappa shape index (κ1) is 16.0. The van der Waals surface area contributed by atoms with Gasteiger partial charge >= 0.3 is 12.1 Å².